The van der Waals surface area contributed by atoms with Crippen molar-refractivity contribution in [3.05, 3.63) is 0 Å². The zero-order valence-corrected chi connectivity index (χ0v) is 20.1. The van der Waals surface area contributed by atoms with E-state index in [0.29, 0.717) is 38.5 Å². The van der Waals surface area contributed by atoms with Crippen molar-refractivity contribution < 1.29 is 28.7 Å². The van der Waals surface area contributed by atoms with Crippen molar-refractivity contribution in [3.8, 4) is 0 Å². The quantitative estimate of drug-likeness (QED) is 0.142. The first-order chi connectivity index (χ1) is 15.6. The summed E-state index contributed by atoms with van der Waals surface area (Å²) >= 11 is 0. The Morgan fingerprint density at radius 2 is 1.61 bits per heavy atom. The van der Waals surface area contributed by atoms with Gasteiger partial charge < -0.3 is 36.9 Å². The van der Waals surface area contributed by atoms with Gasteiger partial charge >= 0.3 is 6.09 Å². The molecule has 11 heteroatoms. The van der Waals surface area contributed by atoms with Crippen LogP contribution in [0.25, 0.3) is 0 Å². The van der Waals surface area contributed by atoms with Crippen LogP contribution in [0.2, 0.25) is 0 Å². The van der Waals surface area contributed by atoms with Crippen molar-refractivity contribution in [1.29, 1.82) is 0 Å². The van der Waals surface area contributed by atoms with Crippen LogP contribution in [0.1, 0.15) is 72.1 Å². The molecule has 3 atom stereocenters. The highest BCUT2D eigenvalue weighted by Gasteiger charge is 2.29. The number of ether oxygens (including phenoxy) is 1. The molecule has 33 heavy (non-hydrogen) atoms. The van der Waals surface area contributed by atoms with Crippen molar-refractivity contribution >= 4 is 30.1 Å². The molecule has 3 unspecified atom stereocenters. The number of unbranched alkanes of at least 4 members (excludes halogenated alkanes) is 2. The van der Waals surface area contributed by atoms with Crippen LogP contribution in [0.3, 0.4) is 0 Å². The number of rotatable bonds is 18. The molecule has 0 spiro atoms. The molecule has 0 saturated heterocycles. The molecule has 0 aromatic rings. The van der Waals surface area contributed by atoms with Crippen molar-refractivity contribution in [2.45, 2.75) is 90.3 Å². The number of hydrogen-bond donors (Lipinski definition) is 5. The van der Waals surface area contributed by atoms with Crippen molar-refractivity contribution in [1.82, 2.24) is 16.0 Å². The summed E-state index contributed by atoms with van der Waals surface area (Å²) in [5, 5.41) is 7.72. The smallest absolute Gasteiger partial charge is 0.407 e. The van der Waals surface area contributed by atoms with Crippen LogP contribution in [-0.4, -0.2) is 61.4 Å². The molecule has 0 aliphatic rings. The lowest BCUT2D eigenvalue weighted by Crippen LogP contribution is -2.55. The van der Waals surface area contributed by atoms with E-state index in [9.17, 15) is 24.0 Å². The SMILES string of the molecule is CCCCOC(=O)NC(CCC(N)=O)C(=O)NC(CC(C)C)C(=O)NC(C=O)CCCCN. The third-order valence-corrected chi connectivity index (χ3v) is 4.82. The van der Waals surface area contributed by atoms with Gasteiger partial charge in [0, 0.05) is 6.42 Å². The normalized spacial score (nSPS) is 13.5. The average Bonchev–Trinajstić information content (AvgIpc) is 2.75. The maximum atomic E-state index is 12.9. The van der Waals surface area contributed by atoms with Crippen LogP contribution in [0.5, 0.6) is 0 Å². The molecule has 11 nitrogen and oxygen atoms in total. The molecule has 4 amide bonds. The van der Waals surface area contributed by atoms with Crippen molar-refractivity contribution in [2.24, 2.45) is 17.4 Å². The summed E-state index contributed by atoms with van der Waals surface area (Å²) in [5.41, 5.74) is 10.7. The average molecular weight is 472 g/mol. The molecule has 0 aliphatic heterocycles. The monoisotopic (exact) mass is 471 g/mol. The minimum absolute atomic E-state index is 0.0455. The Hall–Kier alpha value is -2.69. The molecule has 0 fully saturated rings. The number of carbonyl (C=O) groups is 5. The van der Waals surface area contributed by atoms with Gasteiger partial charge in [-0.2, -0.15) is 0 Å². The summed E-state index contributed by atoms with van der Waals surface area (Å²) in [4.78, 5) is 60.3. The molecular weight excluding hydrogens is 430 g/mol. The lowest BCUT2D eigenvalue weighted by Gasteiger charge is -2.25. The minimum atomic E-state index is -1.11. The van der Waals surface area contributed by atoms with Gasteiger partial charge in [-0.3, -0.25) is 14.4 Å². The van der Waals surface area contributed by atoms with Gasteiger partial charge in [-0.25, -0.2) is 4.79 Å². The van der Waals surface area contributed by atoms with Gasteiger partial charge in [-0.05, 0) is 51.0 Å². The molecular formula is C22H41N5O6. The van der Waals surface area contributed by atoms with E-state index in [1.165, 1.54) is 0 Å². The first-order valence-electron chi connectivity index (χ1n) is 11.6. The number of hydrogen-bond acceptors (Lipinski definition) is 7. The van der Waals surface area contributed by atoms with Gasteiger partial charge in [-0.15, -0.1) is 0 Å². The van der Waals surface area contributed by atoms with Crippen LogP contribution >= 0.6 is 0 Å². The summed E-state index contributed by atoms with van der Waals surface area (Å²) in [6.07, 6.45) is 3.36. The topological polar surface area (TPSA) is 183 Å². The fourth-order valence-corrected chi connectivity index (χ4v) is 2.99. The Bertz CT molecular complexity index is 628. The second-order valence-electron chi connectivity index (χ2n) is 8.42. The molecule has 0 radical (unpaired) electrons. The summed E-state index contributed by atoms with van der Waals surface area (Å²) in [6, 6.07) is -2.73. The number of alkyl carbamates (subject to hydrolysis) is 1. The molecule has 0 heterocycles. The zero-order valence-electron chi connectivity index (χ0n) is 20.1. The van der Waals surface area contributed by atoms with Crippen LogP contribution in [-0.2, 0) is 23.9 Å². The van der Waals surface area contributed by atoms with E-state index in [1.807, 2.05) is 20.8 Å². The summed E-state index contributed by atoms with van der Waals surface area (Å²) < 4.78 is 5.03. The molecule has 0 aromatic heterocycles. The second-order valence-corrected chi connectivity index (χ2v) is 8.42. The Kier molecular flexibility index (Phi) is 16.4. The van der Waals surface area contributed by atoms with Gasteiger partial charge in [0.25, 0.3) is 0 Å². The van der Waals surface area contributed by atoms with Gasteiger partial charge in [0.05, 0.1) is 12.6 Å². The third-order valence-electron chi connectivity index (χ3n) is 4.82. The van der Waals surface area contributed by atoms with Gasteiger partial charge in [-0.1, -0.05) is 27.2 Å². The summed E-state index contributed by atoms with van der Waals surface area (Å²) in [6.45, 7) is 6.41. The molecule has 7 N–H and O–H groups in total. The largest absolute Gasteiger partial charge is 0.450 e. The van der Waals surface area contributed by atoms with E-state index >= 15 is 0 Å². The standard InChI is InChI=1S/C22H41N5O6/c1-4-5-12-33-22(32)27-17(9-10-19(24)29)20(30)26-18(13-15(2)3)21(31)25-16(14-28)8-6-7-11-23/h14-18H,4-13,23H2,1-3H3,(H2,24,29)(H,25,31)(H,26,30)(H,27,32). The van der Waals surface area contributed by atoms with Crippen LogP contribution in [0.15, 0.2) is 0 Å². The molecule has 190 valence electrons. The van der Waals surface area contributed by atoms with Gasteiger partial charge in [0.1, 0.15) is 18.4 Å². The second kappa shape index (κ2) is 17.8. The van der Waals surface area contributed by atoms with E-state index in [4.69, 9.17) is 16.2 Å². The number of primary amides is 1. The van der Waals surface area contributed by atoms with E-state index < -0.39 is 41.9 Å². The Morgan fingerprint density at radius 1 is 0.939 bits per heavy atom. The van der Waals surface area contributed by atoms with Crippen LogP contribution in [0.4, 0.5) is 4.79 Å². The molecule has 0 rings (SSSR count). The van der Waals surface area contributed by atoms with E-state index in [2.05, 4.69) is 16.0 Å². The Balaban J connectivity index is 5.24. The fourth-order valence-electron chi connectivity index (χ4n) is 2.99. The number of nitrogens with one attached hydrogen (secondary N) is 3. The molecule has 0 aromatic carbocycles. The first-order valence-corrected chi connectivity index (χ1v) is 11.6. The maximum absolute atomic E-state index is 12.9. The minimum Gasteiger partial charge on any atom is -0.450 e. The maximum Gasteiger partial charge on any atom is 0.407 e. The van der Waals surface area contributed by atoms with Gasteiger partial charge in [0.15, 0.2) is 0 Å². The summed E-state index contributed by atoms with van der Waals surface area (Å²) in [7, 11) is 0. The lowest BCUT2D eigenvalue weighted by molar-refractivity contribution is -0.131. The van der Waals surface area contributed by atoms with Crippen molar-refractivity contribution in [3.63, 3.8) is 0 Å². The van der Waals surface area contributed by atoms with Gasteiger partial charge in [0.2, 0.25) is 17.7 Å². The van der Waals surface area contributed by atoms with Crippen molar-refractivity contribution in [2.75, 3.05) is 13.2 Å². The Labute approximate surface area is 196 Å². The predicted molar refractivity (Wildman–Crippen MR) is 124 cm³/mol. The molecule has 0 bridgehead atoms. The molecule has 0 saturated carbocycles. The fraction of sp³-hybridized carbons (Fsp3) is 0.773. The number of nitrogens with two attached hydrogens (primary N) is 2. The number of amides is 4. The van der Waals surface area contributed by atoms with E-state index in [-0.39, 0.29) is 25.4 Å². The highest BCUT2D eigenvalue weighted by atomic mass is 16.5. The zero-order chi connectivity index (χ0) is 25.2. The first kappa shape index (κ1) is 30.3. The highest BCUT2D eigenvalue weighted by molar-refractivity contribution is 5.92. The lowest BCUT2D eigenvalue weighted by atomic mass is 10.0. The third kappa shape index (κ3) is 14.9. The highest BCUT2D eigenvalue weighted by Crippen LogP contribution is 2.08. The number of carbonyl (C=O) groups excluding carboxylic acids is 5. The number of aldehydes is 1. The summed E-state index contributed by atoms with van der Waals surface area (Å²) in [5.74, 6) is -1.71. The van der Waals surface area contributed by atoms with E-state index in [0.717, 1.165) is 12.8 Å². The van der Waals surface area contributed by atoms with Crippen LogP contribution in [0, 0.1) is 5.92 Å². The molecule has 0 aliphatic carbocycles. The Morgan fingerprint density at radius 3 is 2.15 bits per heavy atom. The van der Waals surface area contributed by atoms with Crippen LogP contribution < -0.4 is 27.4 Å². The van der Waals surface area contributed by atoms with E-state index in [1.54, 1.807) is 0 Å². The predicted octanol–water partition coefficient (Wildman–Crippen LogP) is 0.490.